The highest BCUT2D eigenvalue weighted by molar-refractivity contribution is 7.26. The number of rotatable bonds is 5. The van der Waals surface area contributed by atoms with Gasteiger partial charge in [0, 0.05) is 67.8 Å². The zero-order valence-electron chi connectivity index (χ0n) is 30.3. The lowest BCUT2D eigenvalue weighted by atomic mass is 9.94. The van der Waals surface area contributed by atoms with Gasteiger partial charge in [0.15, 0.2) is 17.5 Å². The zero-order chi connectivity index (χ0) is 37.5. The standard InChI is InChI=1S/C51H29N3OS2/c1-3-12-30(13-4-1)49-52-50(31-14-5-2-6-15-31)54-51(53-49)33-25-27-41-40(28-33)46-37(18-10-21-42(46)55-41)38-19-11-23-44-47(38)39-20-9-17-34(48(39)57-44)32-24-26-36-35-16-7-8-22-43(35)56-45(36)29-32/h1-29H. The van der Waals surface area contributed by atoms with Gasteiger partial charge in [-0.25, -0.2) is 15.0 Å². The van der Waals surface area contributed by atoms with Crippen molar-refractivity contribution in [3.8, 4) is 56.4 Å². The van der Waals surface area contributed by atoms with Crippen LogP contribution in [-0.2, 0) is 0 Å². The minimum atomic E-state index is 0.615. The van der Waals surface area contributed by atoms with E-state index in [0.29, 0.717) is 17.5 Å². The van der Waals surface area contributed by atoms with Crippen molar-refractivity contribution in [1.82, 2.24) is 15.0 Å². The second-order valence-corrected chi connectivity index (χ2v) is 16.4. The molecule has 0 saturated heterocycles. The van der Waals surface area contributed by atoms with Gasteiger partial charge in [-0.2, -0.15) is 0 Å². The fourth-order valence-electron chi connectivity index (χ4n) is 8.32. The summed E-state index contributed by atoms with van der Waals surface area (Å²) in [7, 11) is 0. The molecule has 0 aliphatic heterocycles. The molecule has 0 radical (unpaired) electrons. The Labute approximate surface area is 335 Å². The second kappa shape index (κ2) is 12.8. The lowest BCUT2D eigenvalue weighted by Gasteiger charge is -2.09. The molecule has 0 amide bonds. The van der Waals surface area contributed by atoms with E-state index in [9.17, 15) is 0 Å². The van der Waals surface area contributed by atoms with Crippen LogP contribution in [0.25, 0.3) is 119 Å². The van der Waals surface area contributed by atoms with E-state index < -0.39 is 0 Å². The minimum absolute atomic E-state index is 0.615. The summed E-state index contributed by atoms with van der Waals surface area (Å²) in [5.74, 6) is 1.89. The van der Waals surface area contributed by atoms with Crippen LogP contribution in [0, 0.1) is 0 Å². The first-order valence-corrected chi connectivity index (χ1v) is 20.6. The van der Waals surface area contributed by atoms with Crippen molar-refractivity contribution in [3.05, 3.63) is 176 Å². The van der Waals surface area contributed by atoms with Crippen molar-refractivity contribution >= 4 is 85.0 Å². The van der Waals surface area contributed by atoms with E-state index in [-0.39, 0.29) is 0 Å². The van der Waals surface area contributed by atoms with E-state index in [1.807, 2.05) is 95.5 Å². The number of nitrogens with zero attached hydrogens (tertiary/aromatic N) is 3. The molecule has 4 aromatic heterocycles. The molecular formula is C51H29N3OS2. The van der Waals surface area contributed by atoms with Crippen molar-refractivity contribution in [2.75, 3.05) is 0 Å². The summed E-state index contributed by atoms with van der Waals surface area (Å²) in [5, 5.41) is 7.26. The summed E-state index contributed by atoms with van der Waals surface area (Å²) in [6.45, 7) is 0. The number of hydrogen-bond acceptors (Lipinski definition) is 6. The molecule has 0 spiro atoms. The Balaban J connectivity index is 1.04. The normalized spacial score (nSPS) is 11.9. The number of aromatic nitrogens is 3. The van der Waals surface area contributed by atoms with Gasteiger partial charge in [-0.3, -0.25) is 0 Å². The Morgan fingerprint density at radius 2 is 0.930 bits per heavy atom. The monoisotopic (exact) mass is 763 g/mol. The summed E-state index contributed by atoms with van der Waals surface area (Å²) in [6.07, 6.45) is 0. The van der Waals surface area contributed by atoms with Crippen LogP contribution in [0.15, 0.2) is 180 Å². The molecule has 8 aromatic carbocycles. The fourth-order valence-corrected chi connectivity index (χ4v) is 10.7. The van der Waals surface area contributed by atoms with Crippen LogP contribution >= 0.6 is 22.7 Å². The summed E-state index contributed by atoms with van der Waals surface area (Å²) in [6, 6.07) is 61.9. The SMILES string of the molecule is c1ccc(-c2nc(-c3ccccc3)nc(-c3ccc4oc5cccc(-c6cccc7sc8c(-c9ccc%10c(c9)sc9ccccc9%10)cccc8c67)c5c4c3)n2)cc1. The van der Waals surface area contributed by atoms with Gasteiger partial charge in [0.1, 0.15) is 11.2 Å². The molecule has 0 aliphatic carbocycles. The molecule has 0 atom stereocenters. The van der Waals surface area contributed by atoms with E-state index >= 15 is 0 Å². The summed E-state index contributed by atoms with van der Waals surface area (Å²) < 4.78 is 11.8. The maximum atomic E-state index is 6.56. The van der Waals surface area contributed by atoms with E-state index in [0.717, 1.165) is 44.2 Å². The molecule has 0 bridgehead atoms. The van der Waals surface area contributed by atoms with Crippen LogP contribution in [0.1, 0.15) is 0 Å². The molecule has 0 fully saturated rings. The van der Waals surface area contributed by atoms with Crippen molar-refractivity contribution in [3.63, 3.8) is 0 Å². The molecule has 12 aromatic rings. The Hall–Kier alpha value is -6.99. The van der Waals surface area contributed by atoms with Crippen molar-refractivity contribution in [2.45, 2.75) is 0 Å². The van der Waals surface area contributed by atoms with Crippen LogP contribution in [0.5, 0.6) is 0 Å². The van der Waals surface area contributed by atoms with Gasteiger partial charge in [-0.05, 0) is 64.7 Å². The van der Waals surface area contributed by atoms with E-state index in [2.05, 4.69) is 103 Å². The van der Waals surface area contributed by atoms with Crippen LogP contribution < -0.4 is 0 Å². The zero-order valence-corrected chi connectivity index (χ0v) is 31.9. The van der Waals surface area contributed by atoms with Gasteiger partial charge in [0.2, 0.25) is 0 Å². The van der Waals surface area contributed by atoms with Crippen molar-refractivity contribution in [1.29, 1.82) is 0 Å². The van der Waals surface area contributed by atoms with Crippen LogP contribution in [0.4, 0.5) is 0 Å². The molecule has 4 nitrogen and oxygen atoms in total. The predicted octanol–water partition coefficient (Wildman–Crippen LogP) is 14.8. The largest absolute Gasteiger partial charge is 0.456 e. The fraction of sp³-hybridized carbons (Fsp3) is 0. The second-order valence-electron chi connectivity index (χ2n) is 14.3. The molecule has 0 N–H and O–H groups in total. The smallest absolute Gasteiger partial charge is 0.164 e. The average Bonchev–Trinajstić information content (AvgIpc) is 3.97. The molecule has 12 rings (SSSR count). The summed E-state index contributed by atoms with van der Waals surface area (Å²) in [5.41, 5.74) is 9.28. The van der Waals surface area contributed by atoms with Gasteiger partial charge < -0.3 is 4.42 Å². The molecule has 0 saturated carbocycles. The van der Waals surface area contributed by atoms with E-state index in [1.165, 1.54) is 57.0 Å². The lowest BCUT2D eigenvalue weighted by molar-refractivity contribution is 0.669. The molecule has 6 heteroatoms. The third-order valence-electron chi connectivity index (χ3n) is 11.0. The highest BCUT2D eigenvalue weighted by atomic mass is 32.1. The first-order valence-electron chi connectivity index (χ1n) is 18.9. The van der Waals surface area contributed by atoms with E-state index in [4.69, 9.17) is 19.4 Å². The van der Waals surface area contributed by atoms with Crippen LogP contribution in [-0.4, -0.2) is 15.0 Å². The summed E-state index contributed by atoms with van der Waals surface area (Å²) in [4.78, 5) is 15.0. The molecule has 0 unspecified atom stereocenters. The van der Waals surface area contributed by atoms with E-state index in [1.54, 1.807) is 0 Å². The molecule has 0 aliphatic rings. The maximum Gasteiger partial charge on any atom is 0.164 e. The van der Waals surface area contributed by atoms with Crippen molar-refractivity contribution < 1.29 is 4.42 Å². The Bertz CT molecular complexity index is 3470. The number of thiophene rings is 2. The van der Waals surface area contributed by atoms with Crippen molar-refractivity contribution in [2.24, 2.45) is 0 Å². The number of furan rings is 1. The molecule has 4 heterocycles. The third-order valence-corrected chi connectivity index (χ3v) is 13.3. The van der Waals surface area contributed by atoms with Gasteiger partial charge in [-0.15, -0.1) is 22.7 Å². The van der Waals surface area contributed by atoms with Crippen LogP contribution in [0.2, 0.25) is 0 Å². The average molecular weight is 764 g/mol. The predicted molar refractivity (Wildman–Crippen MR) is 240 cm³/mol. The highest BCUT2D eigenvalue weighted by Crippen LogP contribution is 2.47. The van der Waals surface area contributed by atoms with Gasteiger partial charge in [0.25, 0.3) is 0 Å². The van der Waals surface area contributed by atoms with Crippen LogP contribution in [0.3, 0.4) is 0 Å². The van der Waals surface area contributed by atoms with Gasteiger partial charge in [-0.1, -0.05) is 133 Å². The third kappa shape index (κ3) is 5.22. The first kappa shape index (κ1) is 32.3. The first-order chi connectivity index (χ1) is 28.2. The number of hydrogen-bond donors (Lipinski definition) is 0. The minimum Gasteiger partial charge on any atom is -0.456 e. The Kier molecular flexibility index (Phi) is 7.24. The maximum absolute atomic E-state index is 6.56. The molecule has 266 valence electrons. The number of benzene rings is 8. The number of fused-ring (bicyclic) bond motifs is 9. The molecular weight excluding hydrogens is 735 g/mol. The topological polar surface area (TPSA) is 51.8 Å². The summed E-state index contributed by atoms with van der Waals surface area (Å²) >= 11 is 3.74. The molecule has 57 heavy (non-hydrogen) atoms. The quantitative estimate of drug-likeness (QED) is 0.175. The Morgan fingerprint density at radius 1 is 0.333 bits per heavy atom. The van der Waals surface area contributed by atoms with Gasteiger partial charge in [0.05, 0.1) is 0 Å². The lowest BCUT2D eigenvalue weighted by Crippen LogP contribution is -2.00. The van der Waals surface area contributed by atoms with Gasteiger partial charge >= 0.3 is 0 Å². The highest BCUT2D eigenvalue weighted by Gasteiger charge is 2.20. The Morgan fingerprint density at radius 3 is 1.72 bits per heavy atom.